The van der Waals surface area contributed by atoms with Crippen molar-refractivity contribution in [3.63, 3.8) is 0 Å². The van der Waals surface area contributed by atoms with Gasteiger partial charge in [0.05, 0.1) is 11.6 Å². The SMILES string of the molecule is Cc1cc(N)cc(C(=O)Nc2cc(C#N)ccc2C)c1. The quantitative estimate of drug-likeness (QED) is 0.819. The van der Waals surface area contributed by atoms with Crippen LogP contribution in [-0.2, 0) is 0 Å². The number of nitriles is 1. The molecule has 0 bridgehead atoms. The van der Waals surface area contributed by atoms with Gasteiger partial charge in [0.2, 0.25) is 0 Å². The molecule has 0 aliphatic rings. The largest absolute Gasteiger partial charge is 0.399 e. The Morgan fingerprint density at radius 1 is 1.20 bits per heavy atom. The van der Waals surface area contributed by atoms with Crippen molar-refractivity contribution in [2.24, 2.45) is 0 Å². The zero-order valence-corrected chi connectivity index (χ0v) is 11.4. The van der Waals surface area contributed by atoms with Crippen molar-refractivity contribution in [2.45, 2.75) is 13.8 Å². The maximum atomic E-state index is 12.2. The Morgan fingerprint density at radius 3 is 2.60 bits per heavy atom. The van der Waals surface area contributed by atoms with Gasteiger partial charge in [0, 0.05) is 16.9 Å². The van der Waals surface area contributed by atoms with E-state index in [1.807, 2.05) is 13.8 Å². The van der Waals surface area contributed by atoms with Crippen LogP contribution in [0.3, 0.4) is 0 Å². The zero-order chi connectivity index (χ0) is 14.7. The van der Waals surface area contributed by atoms with E-state index in [9.17, 15) is 4.79 Å². The normalized spacial score (nSPS) is 9.85. The summed E-state index contributed by atoms with van der Waals surface area (Å²) >= 11 is 0. The molecule has 0 spiro atoms. The van der Waals surface area contributed by atoms with Crippen LogP contribution in [0.15, 0.2) is 36.4 Å². The number of carbonyl (C=O) groups excluding carboxylic acids is 1. The Hall–Kier alpha value is -2.80. The third-order valence-corrected chi connectivity index (χ3v) is 2.98. The van der Waals surface area contributed by atoms with Crippen LogP contribution in [0.4, 0.5) is 11.4 Å². The number of nitrogens with two attached hydrogens (primary N) is 1. The highest BCUT2D eigenvalue weighted by atomic mass is 16.1. The number of nitrogens with one attached hydrogen (secondary N) is 1. The molecule has 4 heteroatoms. The number of carbonyl (C=O) groups is 1. The first-order valence-electron chi connectivity index (χ1n) is 6.19. The fourth-order valence-corrected chi connectivity index (χ4v) is 1.96. The minimum Gasteiger partial charge on any atom is -0.399 e. The molecule has 0 aliphatic heterocycles. The van der Waals surface area contributed by atoms with Crippen LogP contribution in [-0.4, -0.2) is 5.91 Å². The number of aryl methyl sites for hydroxylation is 2. The number of nitrogen functional groups attached to an aromatic ring is 1. The Kier molecular flexibility index (Phi) is 3.72. The highest BCUT2D eigenvalue weighted by molar-refractivity contribution is 6.05. The summed E-state index contributed by atoms with van der Waals surface area (Å²) in [5, 5.41) is 11.7. The van der Waals surface area contributed by atoms with Crippen molar-refractivity contribution in [2.75, 3.05) is 11.1 Å². The average molecular weight is 265 g/mol. The van der Waals surface area contributed by atoms with Crippen molar-refractivity contribution in [1.82, 2.24) is 0 Å². The summed E-state index contributed by atoms with van der Waals surface area (Å²) in [4.78, 5) is 12.2. The van der Waals surface area contributed by atoms with E-state index in [0.717, 1.165) is 11.1 Å². The van der Waals surface area contributed by atoms with E-state index in [1.165, 1.54) is 0 Å². The Bertz CT molecular complexity index is 694. The third-order valence-electron chi connectivity index (χ3n) is 2.98. The van der Waals surface area contributed by atoms with Crippen molar-refractivity contribution >= 4 is 17.3 Å². The van der Waals surface area contributed by atoms with Gasteiger partial charge in [-0.05, 0) is 55.3 Å². The van der Waals surface area contributed by atoms with Crippen LogP contribution in [0.1, 0.15) is 27.0 Å². The van der Waals surface area contributed by atoms with Gasteiger partial charge in [-0.2, -0.15) is 5.26 Å². The molecule has 0 fully saturated rings. The van der Waals surface area contributed by atoms with Gasteiger partial charge in [-0.1, -0.05) is 6.07 Å². The molecule has 3 N–H and O–H groups in total. The van der Waals surface area contributed by atoms with Crippen molar-refractivity contribution in [3.8, 4) is 6.07 Å². The van der Waals surface area contributed by atoms with E-state index in [-0.39, 0.29) is 5.91 Å². The standard InChI is InChI=1S/C16H15N3O/c1-10-5-13(8-14(18)6-10)16(20)19-15-7-12(9-17)4-3-11(15)2/h3-8H,18H2,1-2H3,(H,19,20). The molecule has 0 saturated heterocycles. The number of anilines is 2. The van der Waals surface area contributed by atoms with Gasteiger partial charge in [-0.15, -0.1) is 0 Å². The highest BCUT2D eigenvalue weighted by Crippen LogP contribution is 2.19. The number of hydrogen-bond donors (Lipinski definition) is 2. The van der Waals surface area contributed by atoms with Gasteiger partial charge >= 0.3 is 0 Å². The molecular formula is C16H15N3O. The first-order valence-corrected chi connectivity index (χ1v) is 6.19. The van der Waals surface area contributed by atoms with E-state index in [2.05, 4.69) is 11.4 Å². The third kappa shape index (κ3) is 2.96. The summed E-state index contributed by atoms with van der Waals surface area (Å²) in [6, 6.07) is 12.4. The van der Waals surface area contributed by atoms with E-state index in [0.29, 0.717) is 22.5 Å². The second kappa shape index (κ2) is 5.45. The van der Waals surface area contributed by atoms with Gasteiger partial charge < -0.3 is 11.1 Å². The lowest BCUT2D eigenvalue weighted by atomic mass is 10.1. The van der Waals surface area contributed by atoms with Crippen molar-refractivity contribution < 1.29 is 4.79 Å². The molecule has 0 heterocycles. The molecule has 2 rings (SSSR count). The molecule has 2 aromatic carbocycles. The van der Waals surface area contributed by atoms with Gasteiger partial charge in [0.25, 0.3) is 5.91 Å². The topological polar surface area (TPSA) is 78.9 Å². The number of hydrogen-bond acceptors (Lipinski definition) is 3. The van der Waals surface area contributed by atoms with Crippen LogP contribution in [0.25, 0.3) is 0 Å². The molecule has 0 unspecified atom stereocenters. The lowest BCUT2D eigenvalue weighted by molar-refractivity contribution is 0.102. The molecule has 2 aromatic rings. The smallest absolute Gasteiger partial charge is 0.255 e. The predicted octanol–water partition coefficient (Wildman–Crippen LogP) is 3.01. The number of amides is 1. The van der Waals surface area contributed by atoms with Gasteiger partial charge in [-0.3, -0.25) is 4.79 Å². The van der Waals surface area contributed by atoms with Crippen LogP contribution >= 0.6 is 0 Å². The maximum Gasteiger partial charge on any atom is 0.255 e. The second-order valence-electron chi connectivity index (χ2n) is 4.73. The molecule has 0 atom stereocenters. The lowest BCUT2D eigenvalue weighted by Gasteiger charge is -2.10. The summed E-state index contributed by atoms with van der Waals surface area (Å²) in [7, 11) is 0. The molecular weight excluding hydrogens is 250 g/mol. The summed E-state index contributed by atoms with van der Waals surface area (Å²) in [6.07, 6.45) is 0. The first kappa shape index (κ1) is 13.6. The van der Waals surface area contributed by atoms with Crippen LogP contribution in [0, 0.1) is 25.2 Å². The lowest BCUT2D eigenvalue weighted by Crippen LogP contribution is -2.13. The number of nitrogens with zero attached hydrogens (tertiary/aromatic N) is 1. The minimum absolute atomic E-state index is 0.237. The van der Waals surface area contributed by atoms with E-state index in [1.54, 1.807) is 36.4 Å². The Labute approximate surface area is 117 Å². The number of benzene rings is 2. The van der Waals surface area contributed by atoms with Crippen LogP contribution in [0.2, 0.25) is 0 Å². The predicted molar refractivity (Wildman–Crippen MR) is 79.4 cm³/mol. The zero-order valence-electron chi connectivity index (χ0n) is 11.4. The van der Waals surface area contributed by atoms with E-state index >= 15 is 0 Å². The van der Waals surface area contributed by atoms with E-state index < -0.39 is 0 Å². The van der Waals surface area contributed by atoms with E-state index in [4.69, 9.17) is 11.0 Å². The monoisotopic (exact) mass is 265 g/mol. The Balaban J connectivity index is 2.30. The van der Waals surface area contributed by atoms with Gasteiger partial charge in [-0.25, -0.2) is 0 Å². The van der Waals surface area contributed by atoms with Gasteiger partial charge in [0.15, 0.2) is 0 Å². The molecule has 4 nitrogen and oxygen atoms in total. The molecule has 20 heavy (non-hydrogen) atoms. The second-order valence-corrected chi connectivity index (χ2v) is 4.73. The first-order chi connectivity index (χ1) is 9.49. The fourth-order valence-electron chi connectivity index (χ4n) is 1.96. The Morgan fingerprint density at radius 2 is 1.95 bits per heavy atom. The maximum absolute atomic E-state index is 12.2. The molecule has 100 valence electrons. The molecule has 1 amide bonds. The fraction of sp³-hybridized carbons (Fsp3) is 0.125. The highest BCUT2D eigenvalue weighted by Gasteiger charge is 2.09. The number of rotatable bonds is 2. The summed E-state index contributed by atoms with van der Waals surface area (Å²) in [5.74, 6) is -0.237. The summed E-state index contributed by atoms with van der Waals surface area (Å²) in [5.41, 5.74) is 9.77. The van der Waals surface area contributed by atoms with Crippen LogP contribution < -0.4 is 11.1 Å². The molecule has 0 aromatic heterocycles. The minimum atomic E-state index is -0.237. The summed E-state index contributed by atoms with van der Waals surface area (Å²) in [6.45, 7) is 3.76. The van der Waals surface area contributed by atoms with Crippen molar-refractivity contribution in [1.29, 1.82) is 5.26 Å². The van der Waals surface area contributed by atoms with Crippen LogP contribution in [0.5, 0.6) is 0 Å². The summed E-state index contributed by atoms with van der Waals surface area (Å²) < 4.78 is 0. The van der Waals surface area contributed by atoms with Gasteiger partial charge in [0.1, 0.15) is 0 Å². The molecule has 0 saturated carbocycles. The van der Waals surface area contributed by atoms with Crippen molar-refractivity contribution in [3.05, 3.63) is 58.7 Å². The molecule has 0 radical (unpaired) electrons. The average Bonchev–Trinajstić information content (AvgIpc) is 2.40. The molecule has 0 aliphatic carbocycles.